The van der Waals surface area contributed by atoms with Crippen LogP contribution in [0.3, 0.4) is 0 Å². The van der Waals surface area contributed by atoms with E-state index in [9.17, 15) is 9.59 Å². The molecule has 1 fully saturated rings. The number of fused-ring (bicyclic) bond motifs is 1. The van der Waals surface area contributed by atoms with Gasteiger partial charge in [0.05, 0.1) is 19.8 Å². The van der Waals surface area contributed by atoms with E-state index in [1.807, 2.05) is 26.0 Å². The highest BCUT2D eigenvalue weighted by Gasteiger charge is 2.32. The van der Waals surface area contributed by atoms with E-state index in [0.29, 0.717) is 13.2 Å². The van der Waals surface area contributed by atoms with Crippen LogP contribution in [0, 0.1) is 0 Å². The zero-order valence-electron chi connectivity index (χ0n) is 16.2. The number of ether oxygens (including phenoxy) is 2. The van der Waals surface area contributed by atoms with Gasteiger partial charge in [0.25, 0.3) is 5.91 Å². The molecule has 2 aliphatic rings. The third-order valence-corrected chi connectivity index (χ3v) is 5.29. The fourth-order valence-electron chi connectivity index (χ4n) is 3.66. The van der Waals surface area contributed by atoms with E-state index in [0.717, 1.165) is 49.3 Å². The van der Waals surface area contributed by atoms with Gasteiger partial charge in [0, 0.05) is 30.9 Å². The van der Waals surface area contributed by atoms with Gasteiger partial charge in [0.2, 0.25) is 0 Å². The number of benzene rings is 1. The Bertz CT molecular complexity index is 679. The number of likely N-dealkylation sites (tertiary alicyclic amines) is 1. The number of urea groups is 1. The standard InChI is InChI=1S/C20H29N3O4/c1-3-14(2)21-20(25)22-19(24)13-23-9-4-6-16(23)15-7-8-17-18(12-15)27-11-5-10-26-17/h7-8,12,14,16H,3-6,9-11,13H2,1-2H3,(H2,21,22,24,25)/p+1/t14-,16+/m0/s1. The van der Waals surface area contributed by atoms with E-state index in [1.54, 1.807) is 0 Å². The number of rotatable bonds is 5. The summed E-state index contributed by atoms with van der Waals surface area (Å²) in [6.07, 6.45) is 3.77. The topological polar surface area (TPSA) is 81.1 Å². The minimum Gasteiger partial charge on any atom is -0.490 e. The van der Waals surface area contributed by atoms with Crippen molar-refractivity contribution in [2.45, 2.75) is 51.6 Å². The van der Waals surface area contributed by atoms with Crippen molar-refractivity contribution in [1.82, 2.24) is 10.6 Å². The van der Waals surface area contributed by atoms with Crippen molar-refractivity contribution in [2.24, 2.45) is 0 Å². The number of hydrogen-bond donors (Lipinski definition) is 3. The molecule has 0 bridgehead atoms. The third-order valence-electron chi connectivity index (χ3n) is 5.29. The summed E-state index contributed by atoms with van der Waals surface area (Å²) in [6.45, 7) is 6.43. The second kappa shape index (κ2) is 9.08. The second-order valence-corrected chi connectivity index (χ2v) is 7.37. The second-order valence-electron chi connectivity index (χ2n) is 7.37. The Morgan fingerprint density at radius 3 is 2.78 bits per heavy atom. The first-order valence-electron chi connectivity index (χ1n) is 9.91. The normalized spacial score (nSPS) is 22.6. The summed E-state index contributed by atoms with van der Waals surface area (Å²) < 4.78 is 11.5. The van der Waals surface area contributed by atoms with Crippen LogP contribution in [0.1, 0.15) is 51.1 Å². The van der Waals surface area contributed by atoms with Crippen LogP contribution in [0.2, 0.25) is 0 Å². The summed E-state index contributed by atoms with van der Waals surface area (Å²) in [5.74, 6) is 1.33. The molecule has 7 heteroatoms. The van der Waals surface area contributed by atoms with Crippen LogP contribution >= 0.6 is 0 Å². The highest BCUT2D eigenvalue weighted by atomic mass is 16.5. The van der Waals surface area contributed by atoms with Gasteiger partial charge in [0.15, 0.2) is 18.0 Å². The van der Waals surface area contributed by atoms with E-state index in [-0.39, 0.29) is 24.5 Å². The fourth-order valence-corrected chi connectivity index (χ4v) is 3.66. The lowest BCUT2D eigenvalue weighted by Crippen LogP contribution is -3.11. The predicted octanol–water partition coefficient (Wildman–Crippen LogP) is 1.19. The average molecular weight is 376 g/mol. The van der Waals surface area contributed by atoms with Crippen LogP contribution in [0.15, 0.2) is 18.2 Å². The largest absolute Gasteiger partial charge is 0.490 e. The molecule has 0 aromatic heterocycles. The summed E-state index contributed by atoms with van der Waals surface area (Å²) in [5.41, 5.74) is 1.16. The first kappa shape index (κ1) is 19.5. The average Bonchev–Trinajstić information content (AvgIpc) is 2.96. The maximum atomic E-state index is 12.3. The highest BCUT2D eigenvalue weighted by molar-refractivity contribution is 5.94. The van der Waals surface area contributed by atoms with Crippen molar-refractivity contribution in [3.8, 4) is 11.5 Å². The maximum absolute atomic E-state index is 12.3. The van der Waals surface area contributed by atoms with Gasteiger partial charge in [-0.05, 0) is 31.5 Å². The summed E-state index contributed by atoms with van der Waals surface area (Å²) in [5, 5.41) is 5.21. The molecule has 0 radical (unpaired) electrons. The van der Waals surface area contributed by atoms with E-state index in [4.69, 9.17) is 9.47 Å². The quantitative estimate of drug-likeness (QED) is 0.721. The molecule has 0 saturated carbocycles. The molecule has 27 heavy (non-hydrogen) atoms. The SMILES string of the molecule is CC[C@H](C)NC(=O)NC(=O)C[NH+]1CCC[C@@H]1c1ccc2c(c1)OCCCO2. The van der Waals surface area contributed by atoms with Crippen LogP contribution in [-0.4, -0.2) is 44.3 Å². The Morgan fingerprint density at radius 2 is 2.00 bits per heavy atom. The Morgan fingerprint density at radius 1 is 1.22 bits per heavy atom. The molecule has 0 aliphatic carbocycles. The molecule has 2 heterocycles. The van der Waals surface area contributed by atoms with Gasteiger partial charge in [-0.3, -0.25) is 10.1 Å². The molecule has 3 atom stereocenters. The van der Waals surface area contributed by atoms with Crippen molar-refractivity contribution in [1.29, 1.82) is 0 Å². The van der Waals surface area contributed by atoms with Gasteiger partial charge < -0.3 is 19.7 Å². The lowest BCUT2D eigenvalue weighted by atomic mass is 10.0. The molecule has 1 aromatic carbocycles. The first-order chi connectivity index (χ1) is 13.1. The number of carbonyl (C=O) groups is 2. The van der Waals surface area contributed by atoms with E-state index in [1.165, 1.54) is 4.90 Å². The molecule has 3 rings (SSSR count). The zero-order chi connectivity index (χ0) is 19.2. The highest BCUT2D eigenvalue weighted by Crippen LogP contribution is 2.33. The van der Waals surface area contributed by atoms with Gasteiger partial charge in [-0.25, -0.2) is 4.79 Å². The van der Waals surface area contributed by atoms with Crippen LogP contribution < -0.4 is 25.0 Å². The number of hydrogen-bond acceptors (Lipinski definition) is 4. The monoisotopic (exact) mass is 376 g/mol. The van der Waals surface area contributed by atoms with Crippen LogP contribution in [0.4, 0.5) is 4.79 Å². The van der Waals surface area contributed by atoms with Crippen molar-refractivity contribution >= 4 is 11.9 Å². The Kier molecular flexibility index (Phi) is 6.55. The number of imide groups is 1. The third kappa shape index (κ3) is 5.13. The van der Waals surface area contributed by atoms with Gasteiger partial charge in [-0.15, -0.1) is 0 Å². The minimum atomic E-state index is -0.417. The maximum Gasteiger partial charge on any atom is 0.321 e. The van der Waals surface area contributed by atoms with Gasteiger partial charge in [-0.2, -0.15) is 0 Å². The van der Waals surface area contributed by atoms with Gasteiger partial charge in [0.1, 0.15) is 6.04 Å². The number of quaternary nitrogens is 1. The molecule has 3 amide bonds. The molecule has 2 aliphatic heterocycles. The van der Waals surface area contributed by atoms with Crippen molar-refractivity contribution in [3.63, 3.8) is 0 Å². The molecule has 148 valence electrons. The summed E-state index contributed by atoms with van der Waals surface area (Å²) in [7, 11) is 0. The van der Waals surface area contributed by atoms with Crippen LogP contribution in [-0.2, 0) is 4.79 Å². The Hall–Kier alpha value is -2.28. The zero-order valence-corrected chi connectivity index (χ0v) is 16.2. The molecule has 0 spiro atoms. The molecular weight excluding hydrogens is 346 g/mol. The molecule has 3 N–H and O–H groups in total. The van der Waals surface area contributed by atoms with Crippen molar-refractivity contribution in [2.75, 3.05) is 26.3 Å². The molecule has 1 saturated heterocycles. The van der Waals surface area contributed by atoms with E-state index >= 15 is 0 Å². The number of amides is 3. The molecular formula is C20H30N3O4+. The summed E-state index contributed by atoms with van der Waals surface area (Å²) >= 11 is 0. The van der Waals surface area contributed by atoms with Crippen molar-refractivity contribution in [3.05, 3.63) is 23.8 Å². The Labute approximate surface area is 160 Å². The van der Waals surface area contributed by atoms with Gasteiger partial charge in [-0.1, -0.05) is 6.92 Å². The number of nitrogens with one attached hydrogen (secondary N) is 3. The van der Waals surface area contributed by atoms with Crippen molar-refractivity contribution < 1.29 is 24.0 Å². The van der Waals surface area contributed by atoms with Gasteiger partial charge >= 0.3 is 6.03 Å². The summed E-state index contributed by atoms with van der Waals surface area (Å²) in [4.78, 5) is 25.3. The lowest BCUT2D eigenvalue weighted by molar-refractivity contribution is -0.910. The predicted molar refractivity (Wildman–Crippen MR) is 101 cm³/mol. The van der Waals surface area contributed by atoms with E-state index in [2.05, 4.69) is 16.7 Å². The fraction of sp³-hybridized carbons (Fsp3) is 0.600. The lowest BCUT2D eigenvalue weighted by Gasteiger charge is -2.22. The minimum absolute atomic E-state index is 0.0477. The Balaban J connectivity index is 1.61. The van der Waals surface area contributed by atoms with Crippen LogP contribution in [0.5, 0.6) is 11.5 Å². The molecule has 7 nitrogen and oxygen atoms in total. The van der Waals surface area contributed by atoms with E-state index < -0.39 is 6.03 Å². The number of carbonyl (C=O) groups excluding carboxylic acids is 2. The summed E-state index contributed by atoms with van der Waals surface area (Å²) in [6, 6.07) is 5.93. The molecule has 1 unspecified atom stereocenters. The van der Waals surface area contributed by atoms with Crippen LogP contribution in [0.25, 0.3) is 0 Å². The molecule has 1 aromatic rings. The smallest absolute Gasteiger partial charge is 0.321 e. The first-order valence-corrected chi connectivity index (χ1v) is 9.91.